The highest BCUT2D eigenvalue weighted by molar-refractivity contribution is 5.39. The zero-order valence-corrected chi connectivity index (χ0v) is 12.6. The van der Waals surface area contributed by atoms with Crippen molar-refractivity contribution in [3.8, 4) is 11.5 Å². The fourth-order valence-electron chi connectivity index (χ4n) is 1.87. The van der Waals surface area contributed by atoms with Gasteiger partial charge in [-0.3, -0.25) is 4.98 Å². The van der Waals surface area contributed by atoms with Crippen LogP contribution in [0.1, 0.15) is 30.5 Å². The van der Waals surface area contributed by atoms with Gasteiger partial charge >= 0.3 is 0 Å². The van der Waals surface area contributed by atoms with Crippen molar-refractivity contribution < 1.29 is 4.74 Å². The van der Waals surface area contributed by atoms with Crippen LogP contribution in [0.25, 0.3) is 0 Å². The summed E-state index contributed by atoms with van der Waals surface area (Å²) in [5, 5.41) is 3.40. The summed E-state index contributed by atoms with van der Waals surface area (Å²) in [4.78, 5) is 4.16. The largest absolute Gasteiger partial charge is 0.455 e. The number of nitrogens with zero attached hydrogens (tertiary/aromatic N) is 1. The van der Waals surface area contributed by atoms with Crippen molar-refractivity contribution >= 4 is 0 Å². The minimum atomic E-state index is 0.442. The molecule has 3 nitrogen and oxygen atoms in total. The van der Waals surface area contributed by atoms with Crippen LogP contribution in [0.3, 0.4) is 0 Å². The van der Waals surface area contributed by atoms with E-state index in [4.69, 9.17) is 4.74 Å². The standard InChI is InChI=1S/C17H22N2O/c1-12(2)19-10-15-7-8-18-11-17(15)20-16-6-5-13(3)14(4)9-16/h5-9,11-12,19H,10H2,1-4H3. The van der Waals surface area contributed by atoms with Crippen molar-refractivity contribution in [2.75, 3.05) is 0 Å². The van der Waals surface area contributed by atoms with Gasteiger partial charge < -0.3 is 10.1 Å². The molecule has 3 heteroatoms. The number of pyridine rings is 1. The smallest absolute Gasteiger partial charge is 0.150 e. The number of hydrogen-bond donors (Lipinski definition) is 1. The maximum absolute atomic E-state index is 5.98. The summed E-state index contributed by atoms with van der Waals surface area (Å²) >= 11 is 0. The van der Waals surface area contributed by atoms with Crippen LogP contribution in [0.15, 0.2) is 36.7 Å². The molecular formula is C17H22N2O. The van der Waals surface area contributed by atoms with Gasteiger partial charge in [0.05, 0.1) is 6.20 Å². The molecule has 0 radical (unpaired) electrons. The lowest BCUT2D eigenvalue weighted by Crippen LogP contribution is -2.22. The summed E-state index contributed by atoms with van der Waals surface area (Å²) in [6.45, 7) is 9.23. The second-order valence-electron chi connectivity index (χ2n) is 5.37. The maximum Gasteiger partial charge on any atom is 0.150 e. The fraction of sp³-hybridized carbons (Fsp3) is 0.353. The third kappa shape index (κ3) is 3.81. The van der Waals surface area contributed by atoms with E-state index in [0.717, 1.165) is 23.6 Å². The van der Waals surface area contributed by atoms with E-state index in [0.29, 0.717) is 6.04 Å². The monoisotopic (exact) mass is 270 g/mol. The van der Waals surface area contributed by atoms with Gasteiger partial charge in [0.15, 0.2) is 0 Å². The highest BCUT2D eigenvalue weighted by Gasteiger charge is 2.06. The van der Waals surface area contributed by atoms with Crippen molar-refractivity contribution in [2.24, 2.45) is 0 Å². The Bertz CT molecular complexity index is 579. The van der Waals surface area contributed by atoms with Crippen LogP contribution in [-0.2, 0) is 6.54 Å². The number of benzene rings is 1. The Morgan fingerprint density at radius 3 is 2.65 bits per heavy atom. The molecule has 0 fully saturated rings. The van der Waals surface area contributed by atoms with E-state index in [1.165, 1.54) is 11.1 Å². The molecule has 2 aromatic rings. The van der Waals surface area contributed by atoms with Crippen molar-refractivity contribution in [3.63, 3.8) is 0 Å². The van der Waals surface area contributed by atoms with E-state index in [9.17, 15) is 0 Å². The molecule has 0 aliphatic rings. The Hall–Kier alpha value is -1.87. The Morgan fingerprint density at radius 1 is 1.15 bits per heavy atom. The van der Waals surface area contributed by atoms with Crippen molar-refractivity contribution in [3.05, 3.63) is 53.3 Å². The third-order valence-electron chi connectivity index (χ3n) is 3.28. The minimum Gasteiger partial charge on any atom is -0.455 e. The van der Waals surface area contributed by atoms with Crippen LogP contribution >= 0.6 is 0 Å². The van der Waals surface area contributed by atoms with Gasteiger partial charge in [0, 0.05) is 24.3 Å². The summed E-state index contributed by atoms with van der Waals surface area (Å²) in [5.74, 6) is 1.66. The first kappa shape index (κ1) is 14.5. The molecule has 0 unspecified atom stereocenters. The normalized spacial score (nSPS) is 10.8. The molecule has 106 valence electrons. The second kappa shape index (κ2) is 6.53. The number of nitrogens with one attached hydrogen (secondary N) is 1. The first-order chi connectivity index (χ1) is 9.56. The lowest BCUT2D eigenvalue weighted by Gasteiger charge is -2.13. The van der Waals surface area contributed by atoms with E-state index in [1.807, 2.05) is 12.1 Å². The first-order valence-corrected chi connectivity index (χ1v) is 6.97. The predicted octanol–water partition coefficient (Wildman–Crippen LogP) is 3.99. The van der Waals surface area contributed by atoms with Gasteiger partial charge in [-0.15, -0.1) is 0 Å². The van der Waals surface area contributed by atoms with Gasteiger partial charge in [0.25, 0.3) is 0 Å². The molecule has 0 spiro atoms. The van der Waals surface area contributed by atoms with Gasteiger partial charge in [0.1, 0.15) is 11.5 Å². The first-order valence-electron chi connectivity index (χ1n) is 6.97. The third-order valence-corrected chi connectivity index (χ3v) is 3.28. The summed E-state index contributed by atoms with van der Waals surface area (Å²) in [5.41, 5.74) is 3.62. The van der Waals surface area contributed by atoms with E-state index < -0.39 is 0 Å². The van der Waals surface area contributed by atoms with Gasteiger partial charge in [-0.1, -0.05) is 19.9 Å². The number of hydrogen-bond acceptors (Lipinski definition) is 3. The SMILES string of the molecule is Cc1ccc(Oc2cnccc2CNC(C)C)cc1C. The predicted molar refractivity (Wildman–Crippen MR) is 82.2 cm³/mol. The summed E-state index contributed by atoms with van der Waals surface area (Å²) in [6.07, 6.45) is 3.57. The molecule has 20 heavy (non-hydrogen) atoms. The molecule has 0 bridgehead atoms. The minimum absolute atomic E-state index is 0.442. The molecule has 0 saturated carbocycles. The Balaban J connectivity index is 2.17. The van der Waals surface area contributed by atoms with Crippen molar-refractivity contribution in [2.45, 2.75) is 40.3 Å². The van der Waals surface area contributed by atoms with E-state index in [1.54, 1.807) is 12.4 Å². The molecule has 0 aliphatic heterocycles. The molecule has 0 saturated heterocycles. The molecule has 1 heterocycles. The zero-order valence-electron chi connectivity index (χ0n) is 12.6. The summed E-state index contributed by atoms with van der Waals surface area (Å²) < 4.78 is 5.98. The average Bonchev–Trinajstić information content (AvgIpc) is 2.42. The molecule has 1 N–H and O–H groups in total. The molecule has 0 amide bonds. The number of ether oxygens (including phenoxy) is 1. The van der Waals surface area contributed by atoms with Crippen LogP contribution in [0.2, 0.25) is 0 Å². The Kier molecular flexibility index (Phi) is 4.74. The Labute approximate surface area is 121 Å². The average molecular weight is 270 g/mol. The number of aryl methyl sites for hydroxylation is 2. The van der Waals surface area contributed by atoms with Gasteiger partial charge in [-0.25, -0.2) is 0 Å². The summed E-state index contributed by atoms with van der Waals surface area (Å²) in [7, 11) is 0. The molecule has 0 atom stereocenters. The van der Waals surface area contributed by atoms with E-state index in [2.05, 4.69) is 50.1 Å². The van der Waals surface area contributed by atoms with Gasteiger partial charge in [0.2, 0.25) is 0 Å². The van der Waals surface area contributed by atoms with Gasteiger partial charge in [-0.05, 0) is 43.2 Å². The second-order valence-corrected chi connectivity index (χ2v) is 5.37. The lowest BCUT2D eigenvalue weighted by atomic mass is 10.1. The molecule has 1 aromatic carbocycles. The number of aromatic nitrogens is 1. The van der Waals surface area contributed by atoms with Crippen molar-refractivity contribution in [1.29, 1.82) is 0 Å². The number of rotatable bonds is 5. The highest BCUT2D eigenvalue weighted by atomic mass is 16.5. The molecular weight excluding hydrogens is 248 g/mol. The summed E-state index contributed by atoms with van der Waals surface area (Å²) in [6, 6.07) is 8.56. The van der Waals surface area contributed by atoms with Crippen LogP contribution in [-0.4, -0.2) is 11.0 Å². The van der Waals surface area contributed by atoms with E-state index >= 15 is 0 Å². The Morgan fingerprint density at radius 2 is 1.95 bits per heavy atom. The fourth-order valence-corrected chi connectivity index (χ4v) is 1.87. The van der Waals surface area contributed by atoms with Crippen LogP contribution in [0.4, 0.5) is 0 Å². The van der Waals surface area contributed by atoms with Gasteiger partial charge in [-0.2, -0.15) is 0 Å². The molecule has 2 rings (SSSR count). The molecule has 1 aromatic heterocycles. The lowest BCUT2D eigenvalue weighted by molar-refractivity contribution is 0.466. The van der Waals surface area contributed by atoms with E-state index in [-0.39, 0.29) is 0 Å². The van der Waals surface area contributed by atoms with Crippen LogP contribution < -0.4 is 10.1 Å². The zero-order chi connectivity index (χ0) is 14.5. The highest BCUT2D eigenvalue weighted by Crippen LogP contribution is 2.26. The topological polar surface area (TPSA) is 34.1 Å². The quantitative estimate of drug-likeness (QED) is 0.892. The van der Waals surface area contributed by atoms with Crippen LogP contribution in [0.5, 0.6) is 11.5 Å². The van der Waals surface area contributed by atoms with Crippen LogP contribution in [0, 0.1) is 13.8 Å². The maximum atomic E-state index is 5.98. The molecule has 0 aliphatic carbocycles. The van der Waals surface area contributed by atoms with Crippen molar-refractivity contribution in [1.82, 2.24) is 10.3 Å².